The molecule has 1 saturated heterocycles. The third-order valence-electron chi connectivity index (χ3n) is 4.82. The lowest BCUT2D eigenvalue weighted by Gasteiger charge is -2.36. The van der Waals surface area contributed by atoms with E-state index in [9.17, 15) is 0 Å². The normalized spacial score (nSPS) is 29.6. The van der Waals surface area contributed by atoms with Gasteiger partial charge in [0.1, 0.15) is 0 Å². The van der Waals surface area contributed by atoms with Crippen molar-refractivity contribution in [3.05, 3.63) is 34.9 Å². The highest BCUT2D eigenvalue weighted by molar-refractivity contribution is 6.30. The Bertz CT molecular complexity index is 398. The van der Waals surface area contributed by atoms with Crippen LogP contribution in [0.4, 0.5) is 0 Å². The summed E-state index contributed by atoms with van der Waals surface area (Å²) in [5.41, 5.74) is 1.44. The highest BCUT2D eigenvalue weighted by atomic mass is 35.5. The zero-order valence-corrected chi connectivity index (χ0v) is 11.6. The Hall–Kier alpha value is -0.530. The first kappa shape index (κ1) is 12.5. The topological polar surface area (TPSA) is 12.0 Å². The van der Waals surface area contributed by atoms with Crippen LogP contribution in [0.3, 0.4) is 0 Å². The van der Waals surface area contributed by atoms with Gasteiger partial charge in [0.25, 0.3) is 0 Å². The van der Waals surface area contributed by atoms with Crippen LogP contribution in [0.2, 0.25) is 5.02 Å². The van der Waals surface area contributed by atoms with E-state index >= 15 is 0 Å². The third kappa shape index (κ3) is 2.57. The Morgan fingerprint density at radius 2 is 1.94 bits per heavy atom. The minimum atomic E-state index is 0.667. The molecular weight excluding hydrogens is 242 g/mol. The van der Waals surface area contributed by atoms with Crippen LogP contribution in [0.25, 0.3) is 0 Å². The smallest absolute Gasteiger partial charge is 0.0408 e. The predicted molar refractivity (Wildman–Crippen MR) is 77.1 cm³/mol. The first-order chi connectivity index (χ1) is 8.84. The van der Waals surface area contributed by atoms with Crippen LogP contribution in [0.15, 0.2) is 24.3 Å². The molecule has 1 aliphatic heterocycles. The first-order valence-electron chi connectivity index (χ1n) is 7.31. The lowest BCUT2D eigenvalue weighted by atomic mass is 9.73. The lowest BCUT2D eigenvalue weighted by molar-refractivity contribution is 0.227. The average molecular weight is 264 g/mol. The Balaban J connectivity index is 1.82. The summed E-state index contributed by atoms with van der Waals surface area (Å²) in [6.07, 6.45) is 7.11. The largest absolute Gasteiger partial charge is 0.316 e. The lowest BCUT2D eigenvalue weighted by Crippen LogP contribution is -2.38. The van der Waals surface area contributed by atoms with Crippen molar-refractivity contribution in [3.63, 3.8) is 0 Å². The summed E-state index contributed by atoms with van der Waals surface area (Å²) in [4.78, 5) is 0. The van der Waals surface area contributed by atoms with E-state index in [0.29, 0.717) is 5.92 Å². The van der Waals surface area contributed by atoms with Crippen molar-refractivity contribution in [1.82, 2.24) is 5.32 Å². The van der Waals surface area contributed by atoms with Crippen molar-refractivity contribution in [3.8, 4) is 0 Å². The summed E-state index contributed by atoms with van der Waals surface area (Å²) in [5, 5.41) is 4.44. The molecule has 0 radical (unpaired) electrons. The van der Waals surface area contributed by atoms with E-state index in [2.05, 4.69) is 23.5 Å². The van der Waals surface area contributed by atoms with Gasteiger partial charge in [0.05, 0.1) is 0 Å². The first-order valence-corrected chi connectivity index (χ1v) is 7.68. The molecule has 98 valence electrons. The van der Waals surface area contributed by atoms with E-state index in [-0.39, 0.29) is 0 Å². The van der Waals surface area contributed by atoms with Gasteiger partial charge >= 0.3 is 0 Å². The van der Waals surface area contributed by atoms with Gasteiger partial charge in [-0.2, -0.15) is 0 Å². The summed E-state index contributed by atoms with van der Waals surface area (Å²) < 4.78 is 0. The Morgan fingerprint density at radius 1 is 1.11 bits per heavy atom. The van der Waals surface area contributed by atoms with Crippen molar-refractivity contribution in [2.45, 2.75) is 38.0 Å². The molecule has 1 nitrogen and oxygen atoms in total. The molecule has 0 amide bonds. The second-order valence-electron chi connectivity index (χ2n) is 5.86. The third-order valence-corrected chi connectivity index (χ3v) is 5.05. The molecule has 2 fully saturated rings. The van der Waals surface area contributed by atoms with Crippen LogP contribution in [-0.2, 0) is 0 Å². The van der Waals surface area contributed by atoms with E-state index in [1.807, 2.05) is 6.07 Å². The van der Waals surface area contributed by atoms with Crippen molar-refractivity contribution < 1.29 is 0 Å². The van der Waals surface area contributed by atoms with Gasteiger partial charge in [0, 0.05) is 11.6 Å². The predicted octanol–water partition coefficient (Wildman–Crippen LogP) is 4.22. The zero-order valence-electron chi connectivity index (χ0n) is 10.9. The second-order valence-corrected chi connectivity index (χ2v) is 6.30. The van der Waals surface area contributed by atoms with Crippen LogP contribution in [0.5, 0.6) is 0 Å². The fraction of sp³-hybridized carbons (Fsp3) is 0.625. The van der Waals surface area contributed by atoms with E-state index in [1.54, 1.807) is 0 Å². The van der Waals surface area contributed by atoms with E-state index in [4.69, 9.17) is 11.6 Å². The number of hydrogen-bond acceptors (Lipinski definition) is 1. The summed E-state index contributed by atoms with van der Waals surface area (Å²) in [7, 11) is 0. The van der Waals surface area contributed by atoms with E-state index < -0.39 is 0 Å². The number of hydrogen-bond donors (Lipinski definition) is 1. The molecule has 1 aromatic carbocycles. The maximum atomic E-state index is 6.15. The molecule has 1 aromatic rings. The number of halogens is 1. The SMILES string of the molecule is Clc1cccc(C2CNCCC2C2CCCC2)c1. The van der Waals surface area contributed by atoms with Gasteiger partial charge in [-0.3, -0.25) is 0 Å². The molecule has 1 saturated carbocycles. The standard InChI is InChI=1S/C16H22ClN/c17-14-7-3-6-13(10-14)16-11-18-9-8-15(16)12-4-1-2-5-12/h3,6-7,10,12,15-16,18H,1-2,4-5,8-9,11H2. The Kier molecular flexibility index (Phi) is 3.91. The summed E-state index contributed by atoms with van der Waals surface area (Å²) in [6, 6.07) is 8.50. The average Bonchev–Trinajstić information content (AvgIpc) is 2.92. The van der Waals surface area contributed by atoms with Gasteiger partial charge in [-0.25, -0.2) is 0 Å². The molecule has 0 spiro atoms. The number of benzene rings is 1. The maximum Gasteiger partial charge on any atom is 0.0408 e. The molecule has 18 heavy (non-hydrogen) atoms. The van der Waals surface area contributed by atoms with Crippen molar-refractivity contribution in [2.24, 2.45) is 11.8 Å². The second kappa shape index (κ2) is 5.63. The van der Waals surface area contributed by atoms with Gasteiger partial charge in [-0.1, -0.05) is 49.4 Å². The summed E-state index contributed by atoms with van der Waals surface area (Å²) in [5.74, 6) is 2.49. The molecule has 2 aliphatic rings. The van der Waals surface area contributed by atoms with Crippen molar-refractivity contribution >= 4 is 11.6 Å². The molecule has 1 heterocycles. The molecule has 1 N–H and O–H groups in total. The van der Waals surface area contributed by atoms with Gasteiger partial charge in [-0.15, -0.1) is 0 Å². The van der Waals surface area contributed by atoms with Gasteiger partial charge in [0.15, 0.2) is 0 Å². The minimum absolute atomic E-state index is 0.667. The molecule has 3 rings (SSSR count). The van der Waals surface area contributed by atoms with Crippen LogP contribution >= 0.6 is 11.6 Å². The summed E-state index contributed by atoms with van der Waals surface area (Å²) >= 11 is 6.15. The summed E-state index contributed by atoms with van der Waals surface area (Å²) in [6.45, 7) is 2.32. The number of nitrogens with one attached hydrogen (secondary N) is 1. The van der Waals surface area contributed by atoms with E-state index in [0.717, 1.165) is 23.4 Å². The maximum absolute atomic E-state index is 6.15. The van der Waals surface area contributed by atoms with Crippen LogP contribution in [-0.4, -0.2) is 13.1 Å². The van der Waals surface area contributed by atoms with Gasteiger partial charge in [-0.05, 0) is 48.4 Å². The number of piperidine rings is 1. The molecule has 2 heteroatoms. The van der Waals surface area contributed by atoms with Gasteiger partial charge < -0.3 is 5.32 Å². The zero-order chi connectivity index (χ0) is 12.4. The van der Waals surface area contributed by atoms with Gasteiger partial charge in [0.2, 0.25) is 0 Å². The highest BCUT2D eigenvalue weighted by Crippen LogP contribution is 2.42. The molecule has 2 unspecified atom stereocenters. The van der Waals surface area contributed by atoms with Crippen LogP contribution in [0.1, 0.15) is 43.6 Å². The monoisotopic (exact) mass is 263 g/mol. The van der Waals surface area contributed by atoms with Crippen LogP contribution < -0.4 is 5.32 Å². The Labute approximate surface area is 115 Å². The molecule has 1 aliphatic carbocycles. The molecule has 0 bridgehead atoms. The fourth-order valence-electron chi connectivity index (χ4n) is 3.93. The van der Waals surface area contributed by atoms with E-state index in [1.165, 1.54) is 44.2 Å². The Morgan fingerprint density at radius 3 is 2.72 bits per heavy atom. The highest BCUT2D eigenvalue weighted by Gasteiger charge is 2.33. The molecular formula is C16H22ClN. The van der Waals surface area contributed by atoms with Crippen molar-refractivity contribution in [1.29, 1.82) is 0 Å². The fourth-order valence-corrected chi connectivity index (χ4v) is 4.13. The minimum Gasteiger partial charge on any atom is -0.316 e. The van der Waals surface area contributed by atoms with Crippen molar-refractivity contribution in [2.75, 3.05) is 13.1 Å². The van der Waals surface area contributed by atoms with Crippen LogP contribution in [0, 0.1) is 11.8 Å². The molecule has 2 atom stereocenters. The molecule has 0 aromatic heterocycles. The quantitative estimate of drug-likeness (QED) is 0.842. The number of rotatable bonds is 2.